The number of nitrogen functional groups attached to an aromatic ring is 1. The lowest BCUT2D eigenvalue weighted by Gasteiger charge is -2.16. The third-order valence-corrected chi connectivity index (χ3v) is 5.55. The molecule has 0 radical (unpaired) electrons. The van der Waals surface area contributed by atoms with Crippen LogP contribution >= 0.6 is 0 Å². The second kappa shape index (κ2) is 5.71. The number of anilines is 1. The van der Waals surface area contributed by atoms with Crippen molar-refractivity contribution in [1.82, 2.24) is 4.72 Å². The standard InChI is InChI=1S/C14H22N2O3S/c1-9-6-12(15)14(7-10(9)2)20(18,19)16-8-11-4-3-5-13(11)17/h6-7,11,13,16-17H,3-5,8,15H2,1-2H3. The average Bonchev–Trinajstić information content (AvgIpc) is 2.77. The van der Waals surface area contributed by atoms with Crippen LogP contribution in [0, 0.1) is 19.8 Å². The SMILES string of the molecule is Cc1cc(N)c(S(=O)(=O)NCC2CCCC2O)cc1C. The molecule has 6 heteroatoms. The molecule has 20 heavy (non-hydrogen) atoms. The van der Waals surface area contributed by atoms with Crippen molar-refractivity contribution in [3.63, 3.8) is 0 Å². The number of hydrogen-bond acceptors (Lipinski definition) is 4. The van der Waals surface area contributed by atoms with Gasteiger partial charge in [-0.3, -0.25) is 0 Å². The zero-order valence-electron chi connectivity index (χ0n) is 11.9. The maximum Gasteiger partial charge on any atom is 0.242 e. The van der Waals surface area contributed by atoms with Crippen molar-refractivity contribution in [2.75, 3.05) is 12.3 Å². The molecule has 0 heterocycles. The summed E-state index contributed by atoms with van der Waals surface area (Å²) in [7, 11) is -3.63. The number of nitrogens with one attached hydrogen (secondary N) is 1. The summed E-state index contributed by atoms with van der Waals surface area (Å²) in [5.74, 6) is -0.00227. The van der Waals surface area contributed by atoms with Gasteiger partial charge in [0.2, 0.25) is 10.0 Å². The Hall–Kier alpha value is -1.11. The monoisotopic (exact) mass is 298 g/mol. The fourth-order valence-corrected chi connectivity index (χ4v) is 3.88. The molecule has 0 aromatic heterocycles. The van der Waals surface area contributed by atoms with Gasteiger partial charge in [-0.15, -0.1) is 0 Å². The van der Waals surface area contributed by atoms with Gasteiger partial charge >= 0.3 is 0 Å². The van der Waals surface area contributed by atoms with Crippen LogP contribution in [0.2, 0.25) is 0 Å². The number of aliphatic hydroxyl groups excluding tert-OH is 1. The first-order chi connectivity index (χ1) is 9.31. The number of aliphatic hydroxyl groups is 1. The van der Waals surface area contributed by atoms with Gasteiger partial charge < -0.3 is 10.8 Å². The topological polar surface area (TPSA) is 92.4 Å². The molecule has 1 aliphatic rings. The molecule has 5 nitrogen and oxygen atoms in total. The fraction of sp³-hybridized carbons (Fsp3) is 0.571. The summed E-state index contributed by atoms with van der Waals surface area (Å²) in [6, 6.07) is 3.27. The summed E-state index contributed by atoms with van der Waals surface area (Å²) in [6.45, 7) is 4.01. The number of rotatable bonds is 4. The molecule has 0 amide bonds. The lowest BCUT2D eigenvalue weighted by Crippen LogP contribution is -2.32. The molecule has 0 aliphatic heterocycles. The molecule has 0 saturated heterocycles. The van der Waals surface area contributed by atoms with Crippen LogP contribution in [-0.2, 0) is 10.0 Å². The highest BCUT2D eigenvalue weighted by atomic mass is 32.2. The zero-order valence-corrected chi connectivity index (χ0v) is 12.7. The lowest BCUT2D eigenvalue weighted by atomic mass is 10.1. The van der Waals surface area contributed by atoms with Gasteiger partial charge in [0.15, 0.2) is 0 Å². The Bertz CT molecular complexity index is 599. The summed E-state index contributed by atoms with van der Waals surface area (Å²) in [5.41, 5.74) is 7.93. The molecule has 4 N–H and O–H groups in total. The molecule has 0 spiro atoms. The van der Waals surface area contributed by atoms with Crippen LogP contribution in [0.3, 0.4) is 0 Å². The molecule has 112 valence electrons. The maximum absolute atomic E-state index is 12.3. The van der Waals surface area contributed by atoms with Crippen molar-refractivity contribution in [2.24, 2.45) is 5.92 Å². The zero-order chi connectivity index (χ0) is 14.9. The van der Waals surface area contributed by atoms with Gasteiger partial charge in [-0.05, 0) is 55.9 Å². The Morgan fingerprint density at radius 1 is 1.30 bits per heavy atom. The third kappa shape index (κ3) is 3.13. The predicted octanol–water partition coefficient (Wildman–Crippen LogP) is 1.32. The van der Waals surface area contributed by atoms with Crippen molar-refractivity contribution < 1.29 is 13.5 Å². The van der Waals surface area contributed by atoms with Gasteiger partial charge in [0.25, 0.3) is 0 Å². The third-order valence-electron chi connectivity index (χ3n) is 4.07. The fourth-order valence-electron chi connectivity index (χ4n) is 2.59. The average molecular weight is 298 g/mol. The molecule has 0 bridgehead atoms. The van der Waals surface area contributed by atoms with Crippen LogP contribution in [0.1, 0.15) is 30.4 Å². The van der Waals surface area contributed by atoms with Gasteiger partial charge in [-0.1, -0.05) is 6.42 Å². The molecular weight excluding hydrogens is 276 g/mol. The number of nitrogens with two attached hydrogens (primary N) is 1. The highest BCUT2D eigenvalue weighted by Crippen LogP contribution is 2.26. The van der Waals surface area contributed by atoms with Gasteiger partial charge in [-0.2, -0.15) is 0 Å². The van der Waals surface area contributed by atoms with Gasteiger partial charge in [-0.25, -0.2) is 13.1 Å². The quantitative estimate of drug-likeness (QED) is 0.731. The van der Waals surface area contributed by atoms with Crippen molar-refractivity contribution in [3.05, 3.63) is 23.3 Å². The number of benzene rings is 1. The number of hydrogen-bond donors (Lipinski definition) is 3. The second-order valence-corrected chi connectivity index (χ2v) is 7.32. The van der Waals surface area contributed by atoms with Crippen LogP contribution in [0.4, 0.5) is 5.69 Å². The first kappa shape index (κ1) is 15.3. The van der Waals surface area contributed by atoms with E-state index in [0.717, 1.165) is 30.4 Å². The minimum Gasteiger partial charge on any atom is -0.398 e. The Kier molecular flexibility index (Phi) is 4.36. The van der Waals surface area contributed by atoms with Crippen molar-refractivity contribution in [1.29, 1.82) is 0 Å². The molecule has 1 fully saturated rings. The van der Waals surface area contributed by atoms with Crippen LogP contribution in [0.15, 0.2) is 17.0 Å². The molecule has 1 saturated carbocycles. The van der Waals surface area contributed by atoms with Crippen LogP contribution in [0.25, 0.3) is 0 Å². The van der Waals surface area contributed by atoms with Crippen molar-refractivity contribution in [2.45, 2.75) is 44.1 Å². The smallest absolute Gasteiger partial charge is 0.242 e. The molecule has 1 aromatic rings. The molecule has 1 aromatic carbocycles. The summed E-state index contributed by atoms with van der Waals surface area (Å²) < 4.78 is 27.2. The molecule has 1 aliphatic carbocycles. The largest absolute Gasteiger partial charge is 0.398 e. The minimum absolute atomic E-state index is 0.00227. The Morgan fingerprint density at radius 3 is 2.55 bits per heavy atom. The van der Waals surface area contributed by atoms with Crippen molar-refractivity contribution >= 4 is 15.7 Å². The maximum atomic E-state index is 12.3. The first-order valence-electron chi connectivity index (χ1n) is 6.85. The van der Waals surface area contributed by atoms with E-state index >= 15 is 0 Å². The van der Waals surface area contributed by atoms with E-state index in [4.69, 9.17) is 5.73 Å². The van der Waals surface area contributed by atoms with E-state index in [0.29, 0.717) is 0 Å². The van der Waals surface area contributed by atoms with E-state index in [9.17, 15) is 13.5 Å². The molecule has 2 atom stereocenters. The van der Waals surface area contributed by atoms with E-state index in [-0.39, 0.29) is 23.0 Å². The van der Waals surface area contributed by atoms with Crippen LogP contribution < -0.4 is 10.5 Å². The Morgan fingerprint density at radius 2 is 1.95 bits per heavy atom. The predicted molar refractivity (Wildman–Crippen MR) is 78.9 cm³/mol. The summed E-state index contributed by atoms with van der Waals surface area (Å²) in [5, 5.41) is 9.73. The molecular formula is C14H22N2O3S. The Balaban J connectivity index is 2.16. The second-order valence-electron chi connectivity index (χ2n) is 5.58. The summed E-state index contributed by atoms with van der Waals surface area (Å²) in [4.78, 5) is 0.119. The number of sulfonamides is 1. The van der Waals surface area contributed by atoms with E-state index in [2.05, 4.69) is 4.72 Å². The summed E-state index contributed by atoms with van der Waals surface area (Å²) in [6.07, 6.45) is 2.14. The van der Waals surface area contributed by atoms with Crippen LogP contribution in [0.5, 0.6) is 0 Å². The Labute approximate surface area is 120 Å². The van der Waals surface area contributed by atoms with E-state index in [1.54, 1.807) is 12.1 Å². The molecule has 2 unspecified atom stereocenters. The lowest BCUT2D eigenvalue weighted by molar-refractivity contribution is 0.134. The van der Waals surface area contributed by atoms with Crippen molar-refractivity contribution in [3.8, 4) is 0 Å². The van der Waals surface area contributed by atoms with Gasteiger partial charge in [0.1, 0.15) is 4.90 Å². The van der Waals surface area contributed by atoms with Gasteiger partial charge in [0, 0.05) is 6.54 Å². The molecule has 2 rings (SSSR count). The van der Waals surface area contributed by atoms with E-state index in [1.165, 1.54) is 0 Å². The van der Waals surface area contributed by atoms with E-state index < -0.39 is 16.1 Å². The highest BCUT2D eigenvalue weighted by molar-refractivity contribution is 7.89. The van der Waals surface area contributed by atoms with Gasteiger partial charge in [0.05, 0.1) is 11.8 Å². The normalized spacial score (nSPS) is 23.1. The van der Waals surface area contributed by atoms with Crippen LogP contribution in [-0.4, -0.2) is 26.2 Å². The summed E-state index contributed by atoms with van der Waals surface area (Å²) >= 11 is 0. The highest BCUT2D eigenvalue weighted by Gasteiger charge is 2.27. The first-order valence-corrected chi connectivity index (χ1v) is 8.34. The minimum atomic E-state index is -3.63. The van der Waals surface area contributed by atoms with E-state index in [1.807, 2.05) is 13.8 Å². The number of aryl methyl sites for hydroxylation is 2.